The van der Waals surface area contributed by atoms with E-state index in [1.807, 2.05) is 73.7 Å². The van der Waals surface area contributed by atoms with Crippen LogP contribution in [0.3, 0.4) is 0 Å². The van der Waals surface area contributed by atoms with Gasteiger partial charge in [-0.05, 0) is 11.6 Å². The fourth-order valence-electron chi connectivity index (χ4n) is 1.86. The molecule has 1 aromatic rings. The van der Waals surface area contributed by atoms with Gasteiger partial charge in [0, 0.05) is 7.05 Å². The van der Waals surface area contributed by atoms with E-state index in [1.54, 1.807) is 17.7 Å². The fraction of sp³-hybridized carbons (Fsp3) is 0.0556. The summed E-state index contributed by atoms with van der Waals surface area (Å²) in [6, 6.07) is 1.91. The molecule has 114 valence electrons. The smallest absolute Gasteiger partial charge is 0.761 e. The topological polar surface area (TPSA) is 63.9 Å². The van der Waals surface area contributed by atoms with Gasteiger partial charge in [-0.15, -0.1) is 12.8 Å². The van der Waals surface area contributed by atoms with Crippen LogP contribution in [0.25, 0.3) is 11.5 Å². The van der Waals surface area contributed by atoms with Gasteiger partial charge in [0.2, 0.25) is 0 Å². The molecule has 2 aliphatic rings. The summed E-state index contributed by atoms with van der Waals surface area (Å²) < 4.78 is 1.61. The summed E-state index contributed by atoms with van der Waals surface area (Å²) in [6.45, 7) is 0. The first kappa shape index (κ1) is 18.5. The van der Waals surface area contributed by atoms with Crippen molar-refractivity contribution in [3.8, 4) is 6.07 Å². The van der Waals surface area contributed by atoms with Gasteiger partial charge in [-0.3, -0.25) is 0 Å². The maximum atomic E-state index is 8.91. The summed E-state index contributed by atoms with van der Waals surface area (Å²) in [5.74, 6) is 1.97. The number of imidazole rings is 1. The van der Waals surface area contributed by atoms with Gasteiger partial charge in [0.1, 0.15) is 11.5 Å². The van der Waals surface area contributed by atoms with Crippen LogP contribution in [0.1, 0.15) is 5.69 Å². The molecule has 0 saturated heterocycles. The zero-order valence-corrected chi connectivity index (χ0v) is 13.6. The Morgan fingerprint density at radius 2 is 2.00 bits per heavy atom. The molecule has 5 heteroatoms. The molecule has 3 rings (SSSR count). The van der Waals surface area contributed by atoms with E-state index in [2.05, 4.69) is 4.98 Å². The number of hydrogen-bond acceptors (Lipinski definition) is 2. The average Bonchev–Trinajstić information content (AvgIpc) is 3.29. The Morgan fingerprint density at radius 3 is 2.43 bits per heavy atom. The van der Waals surface area contributed by atoms with Crippen LogP contribution in [0.4, 0.5) is 0 Å². The number of nitriles is 1. The Morgan fingerprint density at radius 1 is 1.26 bits per heavy atom. The van der Waals surface area contributed by atoms with E-state index >= 15 is 0 Å². The fourth-order valence-corrected chi connectivity index (χ4v) is 1.86. The molecule has 0 unspecified atom stereocenters. The van der Waals surface area contributed by atoms with E-state index < -0.39 is 0 Å². The molecule has 0 amide bonds. The molecule has 0 spiro atoms. The van der Waals surface area contributed by atoms with Crippen LogP contribution < -0.4 is 10.8 Å². The minimum Gasteiger partial charge on any atom is -0.761 e. The average molecular weight is 342 g/mol. The molecule has 1 heterocycles. The van der Waals surface area contributed by atoms with Crippen LogP contribution in [0.15, 0.2) is 48.1 Å². The van der Waals surface area contributed by atoms with Gasteiger partial charge < -0.3 is 9.98 Å². The molecule has 0 fully saturated rings. The van der Waals surface area contributed by atoms with Crippen molar-refractivity contribution in [3.05, 3.63) is 89.3 Å². The van der Waals surface area contributed by atoms with Crippen LogP contribution in [0, 0.1) is 30.6 Å². The van der Waals surface area contributed by atoms with Crippen molar-refractivity contribution in [1.29, 1.82) is 5.26 Å². The van der Waals surface area contributed by atoms with Crippen LogP contribution >= 0.6 is 0 Å². The van der Waals surface area contributed by atoms with E-state index in [-0.39, 0.29) is 28.1 Å². The minimum absolute atomic E-state index is 0. The number of rotatable bonds is 1. The van der Waals surface area contributed by atoms with Gasteiger partial charge in [0.05, 0.1) is 5.35 Å². The van der Waals surface area contributed by atoms with Crippen molar-refractivity contribution in [1.82, 2.24) is 9.55 Å². The van der Waals surface area contributed by atoms with Crippen molar-refractivity contribution in [3.63, 3.8) is 0 Å². The molecule has 0 atom stereocenters. The minimum atomic E-state index is 0. The van der Waals surface area contributed by atoms with Crippen molar-refractivity contribution >= 4 is 11.9 Å². The van der Waals surface area contributed by atoms with Crippen molar-refractivity contribution < 1.29 is 17.1 Å². The second-order valence-electron chi connectivity index (χ2n) is 4.46. The summed E-state index contributed by atoms with van der Waals surface area (Å²) in [5.41, 5.74) is 1.82. The second-order valence-corrected chi connectivity index (χ2v) is 4.46. The molecular formula is C18H14FeN4. The Labute approximate surface area is 146 Å². The Kier molecular flexibility index (Phi) is 7.66. The maximum Gasteiger partial charge on any atom is 2.00 e. The Bertz CT molecular complexity index is 821. The number of allylic oxidation sites excluding steroid dienone is 8. The van der Waals surface area contributed by atoms with Crippen molar-refractivity contribution in [2.24, 2.45) is 7.05 Å². The number of nitrogens with zero attached hydrogens (tertiary/aromatic N) is 4. The first-order valence-electron chi connectivity index (χ1n) is 6.69. The molecule has 0 aliphatic heterocycles. The number of hydrogen-bond donors (Lipinski definition) is 0. The normalized spacial score (nSPS) is 14.4. The van der Waals surface area contributed by atoms with Crippen LogP contribution in [0.2, 0.25) is 0 Å². The summed E-state index contributed by atoms with van der Waals surface area (Å²) in [7, 11) is 1.72. The Hall–Kier alpha value is -2.50. The van der Waals surface area contributed by atoms with Crippen LogP contribution in [-0.4, -0.2) is 15.4 Å². The van der Waals surface area contributed by atoms with Crippen LogP contribution in [-0.2, 0) is 24.1 Å². The largest absolute Gasteiger partial charge is 2.00 e. The van der Waals surface area contributed by atoms with Gasteiger partial charge in [0.15, 0.2) is 5.69 Å². The predicted octanol–water partition coefficient (Wildman–Crippen LogP) is 1.20. The van der Waals surface area contributed by atoms with E-state index in [4.69, 9.17) is 10.7 Å². The molecule has 23 heavy (non-hydrogen) atoms. The molecule has 4 nitrogen and oxygen atoms in total. The van der Waals surface area contributed by atoms with Crippen molar-refractivity contribution in [2.45, 2.75) is 0 Å². The number of aromatic nitrogens is 2. The molecule has 0 N–H and O–H groups in total. The third kappa shape index (κ3) is 5.02. The van der Waals surface area contributed by atoms with Gasteiger partial charge >= 0.3 is 17.1 Å². The third-order valence-electron chi connectivity index (χ3n) is 3.01. The molecule has 0 aromatic carbocycles. The second kappa shape index (κ2) is 9.50. The molecule has 0 bridgehead atoms. The summed E-state index contributed by atoms with van der Waals surface area (Å²) in [6.07, 6.45) is 21.5. The zero-order valence-electron chi connectivity index (χ0n) is 12.5. The standard InChI is InChI=1S/C13H9N4.C5H5.Fe/c1-17-12(9-15)11(8-14)16-13(17)7-6-10-4-2-3-5-10;1-2-4-5-3-1;/h2-7H,1H3;1-5H;/q2*-1;+2/b13-7-;;. The first-order valence-corrected chi connectivity index (χ1v) is 6.69. The van der Waals surface area contributed by atoms with E-state index in [0.29, 0.717) is 5.48 Å². The SMILES string of the molecule is Cn1c(=C=[N-])c(C#N)n/c1=C/C=C1C=CC=C1.[CH]1[CH][CH-]C=C1.[Fe+2]. The van der Waals surface area contributed by atoms with Gasteiger partial charge in [0.25, 0.3) is 0 Å². The van der Waals surface area contributed by atoms with Gasteiger partial charge in [-0.2, -0.15) is 5.26 Å². The monoisotopic (exact) mass is 342 g/mol. The summed E-state index contributed by atoms with van der Waals surface area (Å²) in [4.78, 5) is 4.09. The maximum absolute atomic E-state index is 8.91. The zero-order chi connectivity index (χ0) is 15.8. The first-order chi connectivity index (χ1) is 10.8. The van der Waals surface area contributed by atoms with Crippen LogP contribution in [0.5, 0.6) is 0 Å². The van der Waals surface area contributed by atoms with E-state index in [0.717, 1.165) is 5.57 Å². The molecule has 1 aromatic heterocycles. The van der Waals surface area contributed by atoms with Gasteiger partial charge in [-0.1, -0.05) is 30.4 Å². The quantitative estimate of drug-likeness (QED) is 0.437. The van der Waals surface area contributed by atoms with Crippen molar-refractivity contribution in [2.75, 3.05) is 0 Å². The van der Waals surface area contributed by atoms with E-state index in [1.165, 1.54) is 0 Å². The summed E-state index contributed by atoms with van der Waals surface area (Å²) >= 11 is 0. The molecule has 2 radical (unpaired) electrons. The molecular weight excluding hydrogens is 328 g/mol. The van der Waals surface area contributed by atoms with E-state index in [9.17, 15) is 0 Å². The molecule has 0 saturated carbocycles. The predicted molar refractivity (Wildman–Crippen MR) is 87.5 cm³/mol. The third-order valence-corrected chi connectivity index (χ3v) is 3.01. The molecule has 2 aliphatic carbocycles. The van der Waals surface area contributed by atoms with Gasteiger partial charge in [-0.25, -0.2) is 29.4 Å². The Balaban J connectivity index is 0.000000377. The summed E-state index contributed by atoms with van der Waals surface area (Å²) in [5, 5.41) is 18.0.